The third-order valence-electron chi connectivity index (χ3n) is 5.07. The Hall–Kier alpha value is -3.43. The van der Waals surface area contributed by atoms with Gasteiger partial charge in [0.15, 0.2) is 0 Å². The second kappa shape index (κ2) is 11.3. The number of amides is 3. The Morgan fingerprint density at radius 3 is 2.38 bits per heavy atom. The van der Waals surface area contributed by atoms with Crippen molar-refractivity contribution in [3.63, 3.8) is 0 Å². The van der Waals surface area contributed by atoms with Gasteiger partial charge >= 0.3 is 11.8 Å². The number of benzene rings is 2. The first-order chi connectivity index (χ1) is 15.5. The van der Waals surface area contributed by atoms with Crippen LogP contribution in [-0.4, -0.2) is 62.6 Å². The molecule has 2 aromatic carbocycles. The Bertz CT molecular complexity index is 959. The van der Waals surface area contributed by atoms with Gasteiger partial charge in [0.25, 0.3) is 0 Å². The van der Waals surface area contributed by atoms with Crippen molar-refractivity contribution in [3.05, 3.63) is 54.1 Å². The molecule has 1 atom stereocenters. The van der Waals surface area contributed by atoms with E-state index < -0.39 is 11.8 Å². The third kappa shape index (κ3) is 6.53. The van der Waals surface area contributed by atoms with Crippen molar-refractivity contribution in [2.24, 2.45) is 0 Å². The minimum atomic E-state index is -0.781. The fourth-order valence-corrected chi connectivity index (χ4v) is 3.53. The highest BCUT2D eigenvalue weighted by Crippen LogP contribution is 2.25. The zero-order chi connectivity index (χ0) is 22.9. The van der Waals surface area contributed by atoms with E-state index in [4.69, 9.17) is 9.47 Å². The number of nitrogens with zero attached hydrogens (tertiary/aromatic N) is 1. The van der Waals surface area contributed by atoms with Gasteiger partial charge in [0.05, 0.1) is 26.4 Å². The average molecular weight is 441 g/mol. The highest BCUT2D eigenvalue weighted by atomic mass is 16.5. The molecule has 1 saturated heterocycles. The summed E-state index contributed by atoms with van der Waals surface area (Å²) >= 11 is 0. The van der Waals surface area contributed by atoms with Crippen molar-refractivity contribution in [2.45, 2.75) is 13.0 Å². The topological polar surface area (TPSA) is 109 Å². The SMILES string of the molecule is COc1cccc([C@@H](CNC(=O)C(=O)Nc2cccc(NC(C)=O)c2)N2CCOCC2)c1. The van der Waals surface area contributed by atoms with Gasteiger partial charge in [-0.15, -0.1) is 0 Å². The van der Waals surface area contributed by atoms with Crippen molar-refractivity contribution in [2.75, 3.05) is 50.6 Å². The van der Waals surface area contributed by atoms with Crippen molar-refractivity contribution in [3.8, 4) is 5.75 Å². The quantitative estimate of drug-likeness (QED) is 0.567. The van der Waals surface area contributed by atoms with Crippen LogP contribution in [0, 0.1) is 0 Å². The molecule has 170 valence electrons. The monoisotopic (exact) mass is 440 g/mol. The molecule has 0 aliphatic carbocycles. The molecule has 1 aliphatic rings. The summed E-state index contributed by atoms with van der Waals surface area (Å²) in [6.07, 6.45) is 0. The number of hydrogen-bond donors (Lipinski definition) is 3. The molecule has 9 heteroatoms. The molecule has 0 unspecified atom stereocenters. The summed E-state index contributed by atoms with van der Waals surface area (Å²) in [5.41, 5.74) is 1.92. The maximum atomic E-state index is 12.5. The molecule has 1 fully saturated rings. The second-order valence-electron chi connectivity index (χ2n) is 7.37. The molecule has 32 heavy (non-hydrogen) atoms. The molecule has 0 radical (unpaired) electrons. The standard InChI is InChI=1S/C23H28N4O5/c1-16(28)25-18-6-4-7-19(14-18)26-23(30)22(29)24-15-21(27-9-11-32-12-10-27)17-5-3-8-20(13-17)31-2/h3-8,13-14,21H,9-12,15H2,1-2H3,(H,24,29)(H,25,28)(H,26,30)/t21-/m1/s1. The summed E-state index contributed by atoms with van der Waals surface area (Å²) in [5.74, 6) is -1.02. The number of ether oxygens (including phenoxy) is 2. The predicted octanol–water partition coefficient (Wildman–Crippen LogP) is 1.78. The number of nitrogens with one attached hydrogen (secondary N) is 3. The lowest BCUT2D eigenvalue weighted by molar-refractivity contribution is -0.136. The van der Waals surface area contributed by atoms with E-state index in [2.05, 4.69) is 20.9 Å². The van der Waals surface area contributed by atoms with Crippen molar-refractivity contribution < 1.29 is 23.9 Å². The number of hydrogen-bond acceptors (Lipinski definition) is 6. The van der Waals surface area contributed by atoms with Gasteiger partial charge in [0, 0.05) is 37.9 Å². The first kappa shape index (κ1) is 23.2. The lowest BCUT2D eigenvalue weighted by Gasteiger charge is -2.35. The molecule has 0 saturated carbocycles. The fourth-order valence-electron chi connectivity index (χ4n) is 3.53. The number of methoxy groups -OCH3 is 1. The van der Waals surface area contributed by atoms with E-state index in [1.807, 2.05) is 24.3 Å². The molecule has 0 spiro atoms. The Labute approximate surface area is 187 Å². The van der Waals surface area contributed by atoms with Gasteiger partial charge in [0.1, 0.15) is 5.75 Å². The van der Waals surface area contributed by atoms with E-state index in [1.54, 1.807) is 31.4 Å². The summed E-state index contributed by atoms with van der Waals surface area (Å²) < 4.78 is 10.8. The molecule has 1 heterocycles. The van der Waals surface area contributed by atoms with Gasteiger partial charge in [-0.3, -0.25) is 19.3 Å². The number of carbonyl (C=O) groups is 3. The van der Waals surface area contributed by atoms with Gasteiger partial charge in [-0.2, -0.15) is 0 Å². The zero-order valence-electron chi connectivity index (χ0n) is 18.2. The van der Waals surface area contributed by atoms with E-state index in [1.165, 1.54) is 6.92 Å². The molecule has 9 nitrogen and oxygen atoms in total. The lowest BCUT2D eigenvalue weighted by atomic mass is 10.0. The van der Waals surface area contributed by atoms with Gasteiger partial charge in [-0.25, -0.2) is 0 Å². The molecule has 0 aromatic heterocycles. The highest BCUT2D eigenvalue weighted by Gasteiger charge is 2.25. The summed E-state index contributed by atoms with van der Waals surface area (Å²) in [6, 6.07) is 14.1. The van der Waals surface area contributed by atoms with E-state index in [0.717, 1.165) is 24.4 Å². The summed E-state index contributed by atoms with van der Waals surface area (Å²) in [7, 11) is 1.61. The second-order valence-corrected chi connectivity index (χ2v) is 7.37. The lowest BCUT2D eigenvalue weighted by Crippen LogP contribution is -2.45. The molecular formula is C23H28N4O5. The Morgan fingerprint density at radius 2 is 1.69 bits per heavy atom. The van der Waals surface area contributed by atoms with E-state index in [-0.39, 0.29) is 18.5 Å². The largest absolute Gasteiger partial charge is 0.497 e. The van der Waals surface area contributed by atoms with E-state index in [0.29, 0.717) is 24.6 Å². The fraction of sp³-hybridized carbons (Fsp3) is 0.348. The molecule has 3 N–H and O–H groups in total. The molecule has 3 rings (SSSR count). The Morgan fingerprint density at radius 1 is 1.00 bits per heavy atom. The van der Waals surface area contributed by atoms with Crippen molar-refractivity contribution in [1.82, 2.24) is 10.2 Å². The summed E-state index contributed by atoms with van der Waals surface area (Å²) in [6.45, 7) is 4.32. The van der Waals surface area contributed by atoms with Crippen molar-refractivity contribution >= 4 is 29.1 Å². The van der Waals surface area contributed by atoms with Crippen LogP contribution in [0.25, 0.3) is 0 Å². The summed E-state index contributed by atoms with van der Waals surface area (Å²) in [4.78, 5) is 38.3. The third-order valence-corrected chi connectivity index (χ3v) is 5.07. The van der Waals surface area contributed by atoms with Crippen LogP contribution in [-0.2, 0) is 19.1 Å². The van der Waals surface area contributed by atoms with Crippen LogP contribution < -0.4 is 20.7 Å². The van der Waals surface area contributed by atoms with Crippen LogP contribution >= 0.6 is 0 Å². The Balaban J connectivity index is 1.65. The van der Waals surface area contributed by atoms with E-state index >= 15 is 0 Å². The number of rotatable bonds is 7. The van der Waals surface area contributed by atoms with E-state index in [9.17, 15) is 14.4 Å². The van der Waals surface area contributed by atoms with Gasteiger partial charge < -0.3 is 25.4 Å². The minimum Gasteiger partial charge on any atom is -0.497 e. The molecule has 3 amide bonds. The number of carbonyl (C=O) groups excluding carboxylic acids is 3. The summed E-state index contributed by atoms with van der Waals surface area (Å²) in [5, 5.41) is 7.93. The predicted molar refractivity (Wildman–Crippen MR) is 121 cm³/mol. The van der Waals surface area contributed by atoms with Gasteiger partial charge in [-0.1, -0.05) is 18.2 Å². The number of anilines is 2. The first-order valence-corrected chi connectivity index (χ1v) is 10.4. The van der Waals surface area contributed by atoms with Crippen LogP contribution in [0.2, 0.25) is 0 Å². The molecule has 2 aromatic rings. The maximum Gasteiger partial charge on any atom is 0.313 e. The minimum absolute atomic E-state index is 0.131. The maximum absolute atomic E-state index is 12.5. The molecule has 1 aliphatic heterocycles. The van der Waals surface area contributed by atoms with Crippen molar-refractivity contribution in [1.29, 1.82) is 0 Å². The molecule has 0 bridgehead atoms. The van der Waals surface area contributed by atoms with Crippen LogP contribution in [0.5, 0.6) is 5.75 Å². The average Bonchev–Trinajstić information content (AvgIpc) is 2.79. The zero-order valence-corrected chi connectivity index (χ0v) is 18.2. The van der Waals surface area contributed by atoms with Crippen LogP contribution in [0.3, 0.4) is 0 Å². The number of morpholine rings is 1. The van der Waals surface area contributed by atoms with Crippen LogP contribution in [0.15, 0.2) is 48.5 Å². The van der Waals surface area contributed by atoms with Crippen LogP contribution in [0.1, 0.15) is 18.5 Å². The van der Waals surface area contributed by atoms with Gasteiger partial charge in [-0.05, 0) is 35.9 Å². The Kier molecular flexibility index (Phi) is 8.18. The van der Waals surface area contributed by atoms with Gasteiger partial charge in [0.2, 0.25) is 5.91 Å². The highest BCUT2D eigenvalue weighted by molar-refractivity contribution is 6.39. The first-order valence-electron chi connectivity index (χ1n) is 10.4. The normalized spacial score (nSPS) is 14.8. The van der Waals surface area contributed by atoms with Crippen LogP contribution in [0.4, 0.5) is 11.4 Å². The molecular weight excluding hydrogens is 412 g/mol. The smallest absolute Gasteiger partial charge is 0.313 e.